The SMILES string of the molecule is COc1ccc(C(=O)N2CCC[C@@H]2c2ccc(CN(C)C)cn2)cc1. The van der Waals surface area contributed by atoms with Gasteiger partial charge in [0.15, 0.2) is 0 Å². The molecule has 2 heterocycles. The Labute approximate surface area is 149 Å². The van der Waals surface area contributed by atoms with Crippen molar-refractivity contribution in [1.82, 2.24) is 14.8 Å². The van der Waals surface area contributed by atoms with Crippen molar-refractivity contribution in [2.24, 2.45) is 0 Å². The van der Waals surface area contributed by atoms with Gasteiger partial charge < -0.3 is 14.5 Å². The van der Waals surface area contributed by atoms with E-state index in [4.69, 9.17) is 4.74 Å². The molecule has 0 radical (unpaired) electrons. The first-order valence-electron chi connectivity index (χ1n) is 8.63. The second-order valence-electron chi connectivity index (χ2n) is 6.71. The van der Waals surface area contributed by atoms with Crippen LogP contribution in [0.2, 0.25) is 0 Å². The molecule has 1 atom stereocenters. The van der Waals surface area contributed by atoms with Crippen LogP contribution < -0.4 is 4.74 Å². The van der Waals surface area contributed by atoms with Gasteiger partial charge in [-0.15, -0.1) is 0 Å². The average Bonchev–Trinajstić information content (AvgIpc) is 3.11. The lowest BCUT2D eigenvalue weighted by molar-refractivity contribution is 0.0733. The number of benzene rings is 1. The maximum absolute atomic E-state index is 12.9. The van der Waals surface area contributed by atoms with Gasteiger partial charge in [-0.25, -0.2) is 0 Å². The summed E-state index contributed by atoms with van der Waals surface area (Å²) in [5.41, 5.74) is 2.85. The number of ether oxygens (including phenoxy) is 1. The molecule has 5 nitrogen and oxygen atoms in total. The second kappa shape index (κ2) is 7.66. The number of likely N-dealkylation sites (tertiary alicyclic amines) is 1. The van der Waals surface area contributed by atoms with E-state index < -0.39 is 0 Å². The molecule has 132 valence electrons. The lowest BCUT2D eigenvalue weighted by Gasteiger charge is -2.24. The highest BCUT2D eigenvalue weighted by Crippen LogP contribution is 2.32. The molecule has 0 spiro atoms. The van der Waals surface area contributed by atoms with Crippen molar-refractivity contribution in [3.63, 3.8) is 0 Å². The van der Waals surface area contributed by atoms with E-state index in [2.05, 4.69) is 22.0 Å². The number of aromatic nitrogens is 1. The largest absolute Gasteiger partial charge is 0.497 e. The van der Waals surface area contributed by atoms with Crippen molar-refractivity contribution < 1.29 is 9.53 Å². The minimum absolute atomic E-state index is 0.0583. The molecule has 0 N–H and O–H groups in total. The van der Waals surface area contributed by atoms with Crippen LogP contribution in [-0.2, 0) is 6.54 Å². The first-order chi connectivity index (χ1) is 12.1. The maximum atomic E-state index is 12.9. The van der Waals surface area contributed by atoms with Crippen LogP contribution in [0, 0.1) is 0 Å². The van der Waals surface area contributed by atoms with Gasteiger partial charge in [0, 0.05) is 24.8 Å². The predicted molar refractivity (Wildman–Crippen MR) is 97.6 cm³/mol. The standard InChI is InChI=1S/C20H25N3O2/c1-22(2)14-15-6-11-18(21-13-15)19-5-4-12-23(19)20(24)16-7-9-17(25-3)10-8-16/h6-11,13,19H,4-5,12,14H2,1-3H3/t19-/m1/s1. The monoisotopic (exact) mass is 339 g/mol. The number of carbonyl (C=O) groups excluding carboxylic acids is 1. The summed E-state index contributed by atoms with van der Waals surface area (Å²) >= 11 is 0. The van der Waals surface area contributed by atoms with E-state index in [1.807, 2.05) is 49.5 Å². The van der Waals surface area contributed by atoms with Crippen molar-refractivity contribution in [2.75, 3.05) is 27.7 Å². The molecular formula is C20H25N3O2. The molecule has 25 heavy (non-hydrogen) atoms. The summed E-state index contributed by atoms with van der Waals surface area (Å²) in [5, 5.41) is 0. The van der Waals surface area contributed by atoms with E-state index in [0.717, 1.165) is 37.4 Å². The van der Waals surface area contributed by atoms with E-state index in [1.54, 1.807) is 7.11 Å². The summed E-state index contributed by atoms with van der Waals surface area (Å²) in [6.07, 6.45) is 3.89. The van der Waals surface area contributed by atoms with E-state index in [9.17, 15) is 4.79 Å². The summed E-state index contributed by atoms with van der Waals surface area (Å²) in [7, 11) is 5.71. The van der Waals surface area contributed by atoms with Gasteiger partial charge in [-0.2, -0.15) is 0 Å². The number of amides is 1. The Morgan fingerprint density at radius 1 is 1.24 bits per heavy atom. The topological polar surface area (TPSA) is 45.7 Å². The van der Waals surface area contributed by atoms with Crippen LogP contribution in [0.3, 0.4) is 0 Å². The molecule has 1 amide bonds. The third-order valence-electron chi connectivity index (χ3n) is 4.54. The third kappa shape index (κ3) is 3.99. The number of methoxy groups -OCH3 is 1. The van der Waals surface area contributed by atoms with Crippen molar-refractivity contribution in [3.05, 3.63) is 59.4 Å². The first-order valence-corrected chi connectivity index (χ1v) is 8.63. The van der Waals surface area contributed by atoms with Crippen LogP contribution in [0.5, 0.6) is 5.75 Å². The minimum atomic E-state index is 0.0583. The highest BCUT2D eigenvalue weighted by Gasteiger charge is 2.31. The summed E-state index contributed by atoms with van der Waals surface area (Å²) in [5.74, 6) is 0.817. The number of hydrogen-bond donors (Lipinski definition) is 0. The minimum Gasteiger partial charge on any atom is -0.497 e. The Morgan fingerprint density at radius 3 is 2.60 bits per heavy atom. The van der Waals surface area contributed by atoms with Crippen LogP contribution in [0.15, 0.2) is 42.6 Å². The van der Waals surface area contributed by atoms with Crippen molar-refractivity contribution in [3.8, 4) is 5.75 Å². The number of pyridine rings is 1. The van der Waals surface area contributed by atoms with E-state index >= 15 is 0 Å². The number of nitrogens with zero attached hydrogens (tertiary/aromatic N) is 3. The van der Waals surface area contributed by atoms with Crippen LogP contribution in [0.1, 0.15) is 40.5 Å². The quantitative estimate of drug-likeness (QED) is 0.840. The molecule has 0 aliphatic carbocycles. The second-order valence-corrected chi connectivity index (χ2v) is 6.71. The highest BCUT2D eigenvalue weighted by molar-refractivity contribution is 5.94. The molecule has 1 fully saturated rings. The van der Waals surface area contributed by atoms with Gasteiger partial charge in [-0.05, 0) is 62.8 Å². The van der Waals surface area contributed by atoms with Crippen LogP contribution in [0.25, 0.3) is 0 Å². The van der Waals surface area contributed by atoms with Gasteiger partial charge in [-0.3, -0.25) is 9.78 Å². The number of rotatable bonds is 5. The maximum Gasteiger partial charge on any atom is 0.254 e. The normalized spacial score (nSPS) is 17.1. The van der Waals surface area contributed by atoms with Crippen molar-refractivity contribution >= 4 is 5.91 Å². The molecule has 1 aromatic heterocycles. The molecule has 0 saturated carbocycles. The summed E-state index contributed by atoms with van der Waals surface area (Å²) in [4.78, 5) is 21.6. The fourth-order valence-electron chi connectivity index (χ4n) is 3.31. The van der Waals surface area contributed by atoms with E-state index in [0.29, 0.717) is 5.56 Å². The molecule has 3 rings (SSSR count). The van der Waals surface area contributed by atoms with Crippen LogP contribution in [-0.4, -0.2) is 48.4 Å². The Bertz CT molecular complexity index is 711. The molecule has 1 aliphatic rings. The number of carbonyl (C=O) groups is 1. The fraction of sp³-hybridized carbons (Fsp3) is 0.400. The molecule has 1 aliphatic heterocycles. The smallest absolute Gasteiger partial charge is 0.254 e. The fourth-order valence-corrected chi connectivity index (χ4v) is 3.31. The average molecular weight is 339 g/mol. The van der Waals surface area contributed by atoms with Crippen LogP contribution >= 0.6 is 0 Å². The molecule has 0 bridgehead atoms. The van der Waals surface area contributed by atoms with E-state index in [-0.39, 0.29) is 11.9 Å². The molecular weight excluding hydrogens is 314 g/mol. The summed E-state index contributed by atoms with van der Waals surface area (Å²) in [6, 6.07) is 11.5. The van der Waals surface area contributed by atoms with Crippen LogP contribution in [0.4, 0.5) is 0 Å². The first kappa shape index (κ1) is 17.4. The van der Waals surface area contributed by atoms with Gasteiger partial charge >= 0.3 is 0 Å². The summed E-state index contributed by atoms with van der Waals surface area (Å²) < 4.78 is 5.17. The van der Waals surface area contributed by atoms with Crippen molar-refractivity contribution in [1.29, 1.82) is 0 Å². The Hall–Kier alpha value is -2.40. The Kier molecular flexibility index (Phi) is 5.34. The Balaban J connectivity index is 1.76. The molecule has 0 unspecified atom stereocenters. The summed E-state index contributed by atoms with van der Waals surface area (Å²) in [6.45, 7) is 1.64. The molecule has 5 heteroatoms. The lowest BCUT2D eigenvalue weighted by Crippen LogP contribution is -2.31. The van der Waals surface area contributed by atoms with Gasteiger partial charge in [0.25, 0.3) is 5.91 Å². The van der Waals surface area contributed by atoms with Gasteiger partial charge in [-0.1, -0.05) is 6.07 Å². The third-order valence-corrected chi connectivity index (χ3v) is 4.54. The van der Waals surface area contributed by atoms with Crippen molar-refractivity contribution in [2.45, 2.75) is 25.4 Å². The predicted octanol–water partition coefficient (Wildman–Crippen LogP) is 3.13. The zero-order chi connectivity index (χ0) is 17.8. The number of hydrogen-bond acceptors (Lipinski definition) is 4. The Morgan fingerprint density at radius 2 is 2.00 bits per heavy atom. The van der Waals surface area contributed by atoms with Gasteiger partial charge in [0.1, 0.15) is 5.75 Å². The van der Waals surface area contributed by atoms with E-state index in [1.165, 1.54) is 5.56 Å². The molecule has 2 aromatic rings. The molecule has 1 saturated heterocycles. The zero-order valence-electron chi connectivity index (χ0n) is 15.1. The highest BCUT2D eigenvalue weighted by atomic mass is 16.5. The van der Waals surface area contributed by atoms with Gasteiger partial charge in [0.2, 0.25) is 0 Å². The zero-order valence-corrected chi connectivity index (χ0v) is 15.1. The lowest BCUT2D eigenvalue weighted by atomic mass is 10.1. The molecule has 1 aromatic carbocycles. The van der Waals surface area contributed by atoms with Gasteiger partial charge in [0.05, 0.1) is 18.8 Å².